The average molecular weight is 459 g/mol. The molecule has 1 N–H and O–H groups in total. The molecule has 0 bridgehead atoms. The molecule has 1 heterocycles. The zero-order chi connectivity index (χ0) is 22.8. The van der Waals surface area contributed by atoms with Gasteiger partial charge in [0.25, 0.3) is 5.91 Å². The lowest BCUT2D eigenvalue weighted by molar-refractivity contribution is -0.141. The second-order valence-electron chi connectivity index (χ2n) is 9.14. The topological polar surface area (TPSA) is 51.2 Å². The van der Waals surface area contributed by atoms with Gasteiger partial charge in [-0.1, -0.05) is 26.2 Å². The van der Waals surface area contributed by atoms with Gasteiger partial charge in [0.15, 0.2) is 0 Å². The summed E-state index contributed by atoms with van der Waals surface area (Å²) in [5.41, 5.74) is -0.738. The largest absolute Gasteiger partial charge is 0.480 e. The second-order valence-corrected chi connectivity index (χ2v) is 10.4. The van der Waals surface area contributed by atoms with E-state index in [1.165, 1.54) is 33.3 Å². The molecule has 2 aliphatic rings. The van der Waals surface area contributed by atoms with Gasteiger partial charge in [-0.15, -0.1) is 0 Å². The molecule has 3 rings (SSSR count). The summed E-state index contributed by atoms with van der Waals surface area (Å²) >= 11 is 2.03. The quantitative estimate of drug-likeness (QED) is 0.466. The van der Waals surface area contributed by atoms with Crippen molar-refractivity contribution in [1.82, 2.24) is 10.3 Å². The van der Waals surface area contributed by atoms with E-state index >= 15 is 0 Å². The van der Waals surface area contributed by atoms with E-state index in [1.54, 1.807) is 0 Å². The monoisotopic (exact) mass is 458 g/mol. The van der Waals surface area contributed by atoms with Gasteiger partial charge >= 0.3 is 6.18 Å². The first-order chi connectivity index (χ1) is 14.6. The zero-order valence-corrected chi connectivity index (χ0v) is 19.6. The zero-order valence-electron chi connectivity index (χ0n) is 18.8. The van der Waals surface area contributed by atoms with Crippen LogP contribution in [0.3, 0.4) is 0 Å². The smallest absolute Gasteiger partial charge is 0.433 e. The molecule has 31 heavy (non-hydrogen) atoms. The van der Waals surface area contributed by atoms with E-state index < -0.39 is 17.8 Å². The normalized spacial score (nSPS) is 20.0. The number of rotatable bonds is 10. The molecule has 0 aliphatic heterocycles. The number of pyridine rings is 1. The maximum atomic E-state index is 13.1. The Labute approximate surface area is 187 Å². The fourth-order valence-corrected chi connectivity index (χ4v) is 6.08. The number of thioether (sulfide) groups is 1. The number of hydrogen-bond donors (Lipinski definition) is 1. The number of aromatic nitrogens is 1. The van der Waals surface area contributed by atoms with E-state index in [9.17, 15) is 18.0 Å². The lowest BCUT2D eigenvalue weighted by atomic mass is 9.65. The number of hydrogen-bond acceptors (Lipinski definition) is 4. The van der Waals surface area contributed by atoms with Crippen molar-refractivity contribution >= 4 is 17.7 Å². The number of methoxy groups -OCH3 is 1. The van der Waals surface area contributed by atoms with Crippen LogP contribution in [0.5, 0.6) is 5.88 Å². The highest BCUT2D eigenvalue weighted by molar-refractivity contribution is 7.99. The van der Waals surface area contributed by atoms with Crippen LogP contribution in [0.1, 0.15) is 80.4 Å². The minimum absolute atomic E-state index is 0.0395. The van der Waals surface area contributed by atoms with E-state index in [-0.39, 0.29) is 28.5 Å². The first-order valence-corrected chi connectivity index (χ1v) is 12.2. The molecule has 0 saturated heterocycles. The maximum absolute atomic E-state index is 13.1. The molecule has 8 heteroatoms. The molecule has 2 atom stereocenters. The van der Waals surface area contributed by atoms with Gasteiger partial charge in [-0.3, -0.25) is 4.79 Å². The highest BCUT2D eigenvalue weighted by Gasteiger charge is 2.43. The fraction of sp³-hybridized carbons (Fsp3) is 0.739. The second kappa shape index (κ2) is 9.59. The number of carbonyl (C=O) groups excluding carboxylic acids is 1. The van der Waals surface area contributed by atoms with E-state index in [2.05, 4.69) is 17.2 Å². The summed E-state index contributed by atoms with van der Waals surface area (Å²) in [4.78, 5) is 16.6. The molecular weight excluding hydrogens is 425 g/mol. The van der Waals surface area contributed by atoms with Gasteiger partial charge < -0.3 is 10.1 Å². The van der Waals surface area contributed by atoms with E-state index in [0.29, 0.717) is 5.25 Å². The van der Waals surface area contributed by atoms with Crippen molar-refractivity contribution in [3.63, 3.8) is 0 Å². The molecule has 0 radical (unpaired) electrons. The Kier molecular flexibility index (Phi) is 7.49. The Morgan fingerprint density at radius 3 is 2.55 bits per heavy atom. The number of halogens is 3. The van der Waals surface area contributed by atoms with Gasteiger partial charge in [0, 0.05) is 17.0 Å². The lowest BCUT2D eigenvalue weighted by Crippen LogP contribution is -2.51. The van der Waals surface area contributed by atoms with Gasteiger partial charge in [-0.05, 0) is 62.5 Å². The predicted octanol–water partition coefficient (Wildman–Crippen LogP) is 6.02. The van der Waals surface area contributed by atoms with Gasteiger partial charge in [-0.25, -0.2) is 4.98 Å². The molecule has 2 fully saturated rings. The van der Waals surface area contributed by atoms with Crippen LogP contribution in [-0.2, 0) is 6.18 Å². The van der Waals surface area contributed by atoms with Crippen molar-refractivity contribution in [2.75, 3.05) is 12.9 Å². The number of alkyl halides is 3. The molecule has 174 valence electrons. The summed E-state index contributed by atoms with van der Waals surface area (Å²) in [5, 5.41) is 3.72. The molecule has 2 unspecified atom stereocenters. The lowest BCUT2D eigenvalue weighted by Gasteiger charge is -2.47. The summed E-state index contributed by atoms with van der Waals surface area (Å²) in [7, 11) is 1.23. The summed E-state index contributed by atoms with van der Waals surface area (Å²) in [6.45, 7) is 5.74. The number of ether oxygens (including phenoxy) is 1. The molecule has 0 aromatic carbocycles. The highest BCUT2D eigenvalue weighted by Crippen LogP contribution is 2.48. The van der Waals surface area contributed by atoms with Crippen LogP contribution in [-0.4, -0.2) is 35.0 Å². The minimum Gasteiger partial charge on any atom is -0.480 e. The third kappa shape index (κ3) is 5.68. The van der Waals surface area contributed by atoms with Crippen LogP contribution in [0.2, 0.25) is 0 Å². The van der Waals surface area contributed by atoms with Crippen LogP contribution in [0.15, 0.2) is 6.07 Å². The summed E-state index contributed by atoms with van der Waals surface area (Å²) in [6.07, 6.45) is 3.82. The molecular formula is C23H33F3N2O2S. The molecule has 4 nitrogen and oxygen atoms in total. The van der Waals surface area contributed by atoms with Crippen molar-refractivity contribution in [2.24, 2.45) is 11.3 Å². The van der Waals surface area contributed by atoms with Crippen LogP contribution in [0.25, 0.3) is 0 Å². The standard InChI is InChI=1S/C23H33F3N2O2S/c1-5-17(12-16-7-8-16)31-13-22(9-6-10-22)15(3)27-20(29)19-14(2)11-18(23(24,25)26)28-21(19)30-4/h11,15-17H,5-10,12-13H2,1-4H3,(H,27,29). The van der Waals surface area contributed by atoms with Gasteiger partial charge in [0.05, 0.1) is 7.11 Å². The molecule has 0 spiro atoms. The third-order valence-corrected chi connectivity index (χ3v) is 8.60. The summed E-state index contributed by atoms with van der Waals surface area (Å²) in [5.74, 6) is 1.18. The maximum Gasteiger partial charge on any atom is 0.433 e. The Balaban J connectivity index is 1.69. The van der Waals surface area contributed by atoms with Crippen LogP contribution in [0.4, 0.5) is 13.2 Å². The van der Waals surface area contributed by atoms with Crippen molar-refractivity contribution in [1.29, 1.82) is 0 Å². The van der Waals surface area contributed by atoms with Crippen molar-refractivity contribution in [3.05, 3.63) is 22.9 Å². The molecule has 1 aromatic heterocycles. The van der Waals surface area contributed by atoms with Gasteiger partial charge in [0.1, 0.15) is 11.3 Å². The van der Waals surface area contributed by atoms with Crippen molar-refractivity contribution < 1.29 is 22.7 Å². The highest BCUT2D eigenvalue weighted by atomic mass is 32.2. The summed E-state index contributed by atoms with van der Waals surface area (Å²) < 4.78 is 44.3. The number of nitrogens with zero attached hydrogens (tertiary/aromatic N) is 1. The third-order valence-electron chi connectivity index (χ3n) is 6.86. The minimum atomic E-state index is -4.59. The Morgan fingerprint density at radius 2 is 2.06 bits per heavy atom. The first-order valence-electron chi connectivity index (χ1n) is 11.1. The first kappa shape index (κ1) is 24.2. The SMILES string of the molecule is CCC(CC1CC1)SCC1(C(C)NC(=O)c2c(C)cc(C(F)(F)F)nc2OC)CCC1. The number of nitrogens with one attached hydrogen (secondary N) is 1. The fourth-order valence-electron chi connectivity index (χ4n) is 4.33. The average Bonchev–Trinajstić information content (AvgIpc) is 3.48. The van der Waals surface area contributed by atoms with Gasteiger partial charge in [-0.2, -0.15) is 24.9 Å². The van der Waals surface area contributed by atoms with Crippen LogP contribution < -0.4 is 10.1 Å². The number of carbonyl (C=O) groups is 1. The Hall–Kier alpha value is -1.44. The Bertz CT molecular complexity index is 792. The number of aryl methyl sites for hydroxylation is 1. The predicted molar refractivity (Wildman–Crippen MR) is 118 cm³/mol. The Morgan fingerprint density at radius 1 is 1.39 bits per heavy atom. The van der Waals surface area contributed by atoms with E-state index in [0.717, 1.165) is 43.4 Å². The molecule has 2 aliphatic carbocycles. The van der Waals surface area contributed by atoms with E-state index in [1.807, 2.05) is 18.7 Å². The van der Waals surface area contributed by atoms with Crippen LogP contribution >= 0.6 is 11.8 Å². The van der Waals surface area contributed by atoms with E-state index in [4.69, 9.17) is 4.74 Å². The number of amides is 1. The van der Waals surface area contributed by atoms with Crippen LogP contribution in [0, 0.1) is 18.3 Å². The molecule has 2 saturated carbocycles. The van der Waals surface area contributed by atoms with Gasteiger partial charge in [0.2, 0.25) is 5.88 Å². The summed E-state index contributed by atoms with van der Waals surface area (Å²) in [6, 6.07) is 0.826. The van der Waals surface area contributed by atoms with Crippen molar-refractivity contribution in [3.8, 4) is 5.88 Å². The molecule has 1 aromatic rings. The van der Waals surface area contributed by atoms with Crippen molar-refractivity contribution in [2.45, 2.75) is 83.2 Å². The molecule has 1 amide bonds.